The zero-order valence-corrected chi connectivity index (χ0v) is 23.5. The van der Waals surface area contributed by atoms with Crippen LogP contribution in [0.15, 0.2) is 41.7 Å². The van der Waals surface area contributed by atoms with E-state index < -0.39 is 9.84 Å². The van der Waals surface area contributed by atoms with Crippen molar-refractivity contribution in [3.8, 4) is 11.3 Å². The number of rotatable bonds is 7. The lowest BCUT2D eigenvalue weighted by Gasteiger charge is -2.47. The summed E-state index contributed by atoms with van der Waals surface area (Å²) >= 11 is 0. The van der Waals surface area contributed by atoms with E-state index in [4.69, 9.17) is 0 Å². The van der Waals surface area contributed by atoms with Gasteiger partial charge in [-0.3, -0.25) is 0 Å². The van der Waals surface area contributed by atoms with Gasteiger partial charge in [0.15, 0.2) is 0 Å². The molecule has 0 bridgehead atoms. The molecule has 1 aromatic carbocycles. The number of nitrogens with one attached hydrogen (secondary N) is 2. The van der Waals surface area contributed by atoms with Crippen LogP contribution in [0.2, 0.25) is 0 Å². The molecule has 0 spiro atoms. The fraction of sp³-hybridized carbons (Fsp3) is 0.556. The van der Waals surface area contributed by atoms with E-state index in [0.717, 1.165) is 36.6 Å². The Morgan fingerprint density at radius 1 is 1.06 bits per heavy atom. The zero-order valence-electron chi connectivity index (χ0n) is 21.8. The molecule has 1 aliphatic heterocycles. The summed E-state index contributed by atoms with van der Waals surface area (Å²) < 4.78 is 28.0. The van der Waals surface area contributed by atoms with Crippen LogP contribution in [0.1, 0.15) is 72.8 Å². The summed E-state index contributed by atoms with van der Waals surface area (Å²) in [5, 5.41) is 8.17. The van der Waals surface area contributed by atoms with E-state index in [2.05, 4.69) is 83.3 Å². The first-order valence-corrected chi connectivity index (χ1v) is 14.4. The van der Waals surface area contributed by atoms with Crippen molar-refractivity contribution in [1.29, 1.82) is 0 Å². The number of nitrogens with zero attached hydrogens (tertiary/aromatic N) is 3. The van der Waals surface area contributed by atoms with Crippen LogP contribution >= 0.6 is 12.4 Å². The van der Waals surface area contributed by atoms with Crippen molar-refractivity contribution in [3.63, 3.8) is 0 Å². The van der Waals surface area contributed by atoms with E-state index in [9.17, 15) is 8.42 Å². The highest BCUT2D eigenvalue weighted by Gasteiger charge is 2.38. The molecule has 3 aromatic rings. The van der Waals surface area contributed by atoms with E-state index in [1.54, 1.807) is 0 Å². The molecule has 2 aliphatic rings. The van der Waals surface area contributed by atoms with Crippen LogP contribution in [0.5, 0.6) is 0 Å². The van der Waals surface area contributed by atoms with E-state index >= 15 is 0 Å². The molecule has 0 atom stereocenters. The van der Waals surface area contributed by atoms with E-state index in [1.807, 2.05) is 13.0 Å². The predicted octanol–water partition coefficient (Wildman–Crippen LogP) is 5.76. The lowest BCUT2D eigenvalue weighted by molar-refractivity contribution is 0.134. The smallest absolute Gasteiger partial charge is 0.249 e. The van der Waals surface area contributed by atoms with Gasteiger partial charge in [-0.2, -0.15) is 0 Å². The summed E-state index contributed by atoms with van der Waals surface area (Å²) in [5.74, 6) is 0.633. The van der Waals surface area contributed by atoms with Gasteiger partial charge in [0.2, 0.25) is 15.0 Å². The highest BCUT2D eigenvalue weighted by Crippen LogP contribution is 2.38. The predicted molar refractivity (Wildman–Crippen MR) is 149 cm³/mol. The monoisotopic (exact) mass is 531 g/mol. The Labute approximate surface area is 220 Å². The molecular weight excluding hydrogens is 494 g/mol. The summed E-state index contributed by atoms with van der Waals surface area (Å²) in [6.07, 6.45) is 7.00. The second-order valence-electron chi connectivity index (χ2n) is 11.6. The molecule has 0 radical (unpaired) electrons. The molecule has 0 amide bonds. The number of sulfone groups is 1. The summed E-state index contributed by atoms with van der Waals surface area (Å²) in [6.45, 7) is 11.0. The molecular formula is C27H38ClN5O2S. The average molecular weight is 532 g/mol. The van der Waals surface area contributed by atoms with Crippen molar-refractivity contribution >= 4 is 39.0 Å². The fourth-order valence-electron chi connectivity index (χ4n) is 5.69. The number of aromatic nitrogens is 3. The molecule has 1 saturated carbocycles. The van der Waals surface area contributed by atoms with Gasteiger partial charge >= 0.3 is 0 Å². The molecule has 9 heteroatoms. The van der Waals surface area contributed by atoms with Gasteiger partial charge in [-0.15, -0.1) is 12.4 Å². The van der Waals surface area contributed by atoms with Crippen LogP contribution in [0.4, 0.5) is 5.82 Å². The molecule has 7 nitrogen and oxygen atoms in total. The van der Waals surface area contributed by atoms with Gasteiger partial charge in [-0.05, 0) is 78.0 Å². The van der Waals surface area contributed by atoms with Crippen molar-refractivity contribution < 1.29 is 8.42 Å². The number of hydrogen-bond donors (Lipinski definition) is 2. The van der Waals surface area contributed by atoms with Crippen LogP contribution in [-0.2, 0) is 9.84 Å². The largest absolute Gasteiger partial charge is 0.367 e. The second-order valence-corrected chi connectivity index (χ2v) is 13.6. The standard InChI is InChI=1S/C27H37N5O2S.ClH/c1-6-13-35(33,34)25-29-22(15-24(30-25)28-20-8-9-20)18-7-10-23-19(14-18)11-12-32(23)21-16-26(2,3)31-27(4,5)17-21;/h7,10-12,14-15,20-21,31H,6,8-9,13,16-17H2,1-5H3,(H,28,29,30);1H. The van der Waals surface area contributed by atoms with Crippen molar-refractivity contribution in [3.05, 3.63) is 36.5 Å². The maximum absolute atomic E-state index is 12.8. The average Bonchev–Trinajstić information content (AvgIpc) is 3.46. The summed E-state index contributed by atoms with van der Waals surface area (Å²) in [7, 11) is -3.53. The van der Waals surface area contributed by atoms with E-state index in [1.165, 1.54) is 5.52 Å². The maximum atomic E-state index is 12.8. The molecule has 196 valence electrons. The Morgan fingerprint density at radius 3 is 2.39 bits per heavy atom. The van der Waals surface area contributed by atoms with Crippen molar-refractivity contribution in [2.75, 3.05) is 11.1 Å². The molecule has 1 aliphatic carbocycles. The van der Waals surface area contributed by atoms with Gasteiger partial charge in [-0.1, -0.05) is 13.0 Å². The molecule has 2 fully saturated rings. The SMILES string of the molecule is CCCS(=O)(=O)c1nc(NC2CC2)cc(-c2ccc3c(ccn3C3CC(C)(C)NC(C)(C)C3)c2)n1.Cl. The first-order valence-electron chi connectivity index (χ1n) is 12.7. The third kappa shape index (κ3) is 5.71. The molecule has 1 saturated heterocycles. The van der Waals surface area contributed by atoms with Crippen LogP contribution < -0.4 is 10.6 Å². The maximum Gasteiger partial charge on any atom is 0.249 e. The fourth-order valence-corrected chi connectivity index (χ4v) is 6.88. The zero-order chi connectivity index (χ0) is 25.0. The Bertz CT molecular complexity index is 1350. The van der Waals surface area contributed by atoms with Crippen molar-refractivity contribution in [2.24, 2.45) is 0 Å². The van der Waals surface area contributed by atoms with E-state index in [-0.39, 0.29) is 34.4 Å². The molecule has 3 heterocycles. The van der Waals surface area contributed by atoms with Crippen molar-refractivity contribution in [1.82, 2.24) is 19.9 Å². The number of hydrogen-bond acceptors (Lipinski definition) is 6. The highest BCUT2D eigenvalue weighted by atomic mass is 35.5. The van der Waals surface area contributed by atoms with Crippen LogP contribution in [0, 0.1) is 0 Å². The Hall–Kier alpha value is -2.16. The number of piperidine rings is 1. The minimum absolute atomic E-state index is 0. The third-order valence-electron chi connectivity index (χ3n) is 6.96. The second kappa shape index (κ2) is 9.62. The number of anilines is 1. The minimum Gasteiger partial charge on any atom is -0.367 e. The molecule has 0 unspecified atom stereocenters. The lowest BCUT2D eigenvalue weighted by Crippen LogP contribution is -2.57. The third-order valence-corrected chi connectivity index (χ3v) is 8.65. The molecule has 2 N–H and O–H groups in total. The molecule has 5 rings (SSSR count). The van der Waals surface area contributed by atoms with Gasteiger partial charge in [0.05, 0.1) is 11.4 Å². The van der Waals surface area contributed by atoms with Crippen LogP contribution in [0.25, 0.3) is 22.2 Å². The van der Waals surface area contributed by atoms with Crippen LogP contribution in [0.3, 0.4) is 0 Å². The Balaban J connectivity index is 0.00000304. The Morgan fingerprint density at radius 2 is 1.75 bits per heavy atom. The van der Waals surface area contributed by atoms with Gasteiger partial charge in [0.25, 0.3) is 0 Å². The minimum atomic E-state index is -3.53. The normalized spacial score (nSPS) is 19.7. The highest BCUT2D eigenvalue weighted by molar-refractivity contribution is 7.91. The number of halogens is 1. The van der Waals surface area contributed by atoms with E-state index in [0.29, 0.717) is 30.0 Å². The number of fused-ring (bicyclic) bond motifs is 1. The van der Waals surface area contributed by atoms with Crippen molar-refractivity contribution in [2.45, 2.75) is 95.0 Å². The van der Waals surface area contributed by atoms with Crippen LogP contribution in [-0.4, -0.2) is 45.8 Å². The molecule has 36 heavy (non-hydrogen) atoms. The quantitative estimate of drug-likeness (QED) is 0.377. The summed E-state index contributed by atoms with van der Waals surface area (Å²) in [4.78, 5) is 8.87. The Kier molecular flexibility index (Phi) is 7.18. The molecule has 2 aromatic heterocycles. The van der Waals surface area contributed by atoms with Gasteiger partial charge in [0.1, 0.15) is 5.82 Å². The first kappa shape index (κ1) is 26.9. The van der Waals surface area contributed by atoms with Gasteiger partial charge in [0, 0.05) is 51.9 Å². The topological polar surface area (TPSA) is 88.9 Å². The first-order chi connectivity index (χ1) is 16.4. The van der Waals surface area contributed by atoms with Gasteiger partial charge < -0.3 is 15.2 Å². The summed E-state index contributed by atoms with van der Waals surface area (Å²) in [6, 6.07) is 11.1. The number of benzene rings is 1. The summed E-state index contributed by atoms with van der Waals surface area (Å²) in [5.41, 5.74) is 2.85. The lowest BCUT2D eigenvalue weighted by atomic mass is 9.79. The van der Waals surface area contributed by atoms with Gasteiger partial charge in [-0.25, -0.2) is 18.4 Å².